The van der Waals surface area contributed by atoms with Crippen LogP contribution in [0.25, 0.3) is 5.65 Å². The van der Waals surface area contributed by atoms with Gasteiger partial charge >= 0.3 is 5.97 Å². The maximum Gasteiger partial charge on any atom is 0.311 e. The molecule has 0 spiro atoms. The average molecular weight is 301 g/mol. The molecule has 22 heavy (non-hydrogen) atoms. The summed E-state index contributed by atoms with van der Waals surface area (Å²) in [6, 6.07) is 3.82. The smallest absolute Gasteiger partial charge is 0.311 e. The van der Waals surface area contributed by atoms with Crippen molar-refractivity contribution in [2.75, 3.05) is 18.0 Å². The molecule has 2 aliphatic rings. The first kappa shape index (κ1) is 13.5. The summed E-state index contributed by atoms with van der Waals surface area (Å²) in [5.41, 5.74) is 0.144. The summed E-state index contributed by atoms with van der Waals surface area (Å²) in [5, 5.41) is 22.5. The summed E-state index contributed by atoms with van der Waals surface area (Å²) < 4.78 is 1.76. The van der Waals surface area contributed by atoms with Gasteiger partial charge in [0.1, 0.15) is 5.82 Å². The van der Waals surface area contributed by atoms with E-state index in [2.05, 4.69) is 20.2 Å². The fourth-order valence-electron chi connectivity index (χ4n) is 4.03. The zero-order valence-electron chi connectivity index (χ0n) is 12.6. The molecule has 0 bridgehead atoms. The number of carbonyl (C=O) groups is 1. The van der Waals surface area contributed by atoms with E-state index in [4.69, 9.17) is 0 Å². The molecule has 7 nitrogen and oxygen atoms in total. The summed E-state index contributed by atoms with van der Waals surface area (Å²) >= 11 is 0. The highest BCUT2D eigenvalue weighted by molar-refractivity contribution is 5.77. The number of anilines is 1. The minimum absolute atomic E-state index is 0.231. The van der Waals surface area contributed by atoms with Crippen molar-refractivity contribution in [1.82, 2.24) is 19.8 Å². The van der Waals surface area contributed by atoms with E-state index in [0.29, 0.717) is 6.54 Å². The lowest BCUT2D eigenvalue weighted by atomic mass is 9.81. The van der Waals surface area contributed by atoms with Gasteiger partial charge in [-0.05, 0) is 30.9 Å². The standard InChI is InChI=1S/C15H19N5O2/c1-2-11-16-17-12-5-6-13(18-20(11)12)19-8-10-4-3-7-15(10,9-19)14(21)22/h5-6,10H,2-4,7-9H2,1H3,(H,21,22)/t10-,15+/m0/s1. The van der Waals surface area contributed by atoms with E-state index < -0.39 is 11.4 Å². The van der Waals surface area contributed by atoms with Crippen LogP contribution in [0.3, 0.4) is 0 Å². The van der Waals surface area contributed by atoms with Crippen molar-refractivity contribution in [3.63, 3.8) is 0 Å². The fourth-order valence-corrected chi connectivity index (χ4v) is 4.03. The third-order valence-electron chi connectivity index (χ3n) is 5.25. The van der Waals surface area contributed by atoms with Crippen molar-refractivity contribution in [3.05, 3.63) is 18.0 Å². The van der Waals surface area contributed by atoms with Gasteiger partial charge in [0.2, 0.25) is 0 Å². The molecule has 1 saturated heterocycles. The molecule has 4 rings (SSSR count). The number of hydrogen-bond donors (Lipinski definition) is 1. The van der Waals surface area contributed by atoms with E-state index in [1.54, 1.807) is 4.52 Å². The Kier molecular flexibility index (Phi) is 2.85. The van der Waals surface area contributed by atoms with E-state index in [9.17, 15) is 9.90 Å². The Morgan fingerprint density at radius 1 is 1.45 bits per heavy atom. The molecule has 0 aromatic carbocycles. The van der Waals surface area contributed by atoms with Crippen LogP contribution in [-0.2, 0) is 11.2 Å². The first-order chi connectivity index (χ1) is 10.6. The Hall–Kier alpha value is -2.18. The van der Waals surface area contributed by atoms with Crippen molar-refractivity contribution in [3.8, 4) is 0 Å². The fraction of sp³-hybridized carbons (Fsp3) is 0.600. The van der Waals surface area contributed by atoms with Gasteiger partial charge < -0.3 is 10.0 Å². The number of carboxylic acid groups (broad SMARTS) is 1. The normalized spacial score (nSPS) is 27.5. The monoisotopic (exact) mass is 301 g/mol. The summed E-state index contributed by atoms with van der Waals surface area (Å²) in [6.07, 6.45) is 3.55. The first-order valence-corrected chi connectivity index (χ1v) is 7.84. The molecule has 116 valence electrons. The van der Waals surface area contributed by atoms with Gasteiger partial charge in [0.25, 0.3) is 0 Å². The van der Waals surface area contributed by atoms with Crippen LogP contribution in [0.5, 0.6) is 0 Å². The predicted molar refractivity (Wildman–Crippen MR) is 79.8 cm³/mol. The molecule has 1 N–H and O–H groups in total. The van der Waals surface area contributed by atoms with Gasteiger partial charge in [-0.2, -0.15) is 4.52 Å². The van der Waals surface area contributed by atoms with Crippen molar-refractivity contribution in [2.45, 2.75) is 32.6 Å². The van der Waals surface area contributed by atoms with Crippen molar-refractivity contribution >= 4 is 17.4 Å². The molecule has 2 atom stereocenters. The summed E-state index contributed by atoms with van der Waals surface area (Å²) in [7, 11) is 0. The molecule has 1 aliphatic heterocycles. The molecule has 0 unspecified atom stereocenters. The molecule has 7 heteroatoms. The number of aryl methyl sites for hydroxylation is 1. The molecule has 3 heterocycles. The molecule has 2 aromatic heterocycles. The van der Waals surface area contributed by atoms with Crippen LogP contribution < -0.4 is 4.90 Å². The van der Waals surface area contributed by atoms with E-state index in [1.165, 1.54) is 0 Å². The van der Waals surface area contributed by atoms with Crippen LogP contribution in [0, 0.1) is 11.3 Å². The summed E-state index contributed by atoms with van der Waals surface area (Å²) in [6.45, 7) is 3.34. The van der Waals surface area contributed by atoms with Crippen molar-refractivity contribution in [2.24, 2.45) is 11.3 Å². The molecule has 0 radical (unpaired) electrons. The number of fused-ring (bicyclic) bond motifs is 2. The number of hydrogen-bond acceptors (Lipinski definition) is 5. The Balaban J connectivity index is 1.70. The van der Waals surface area contributed by atoms with Crippen LogP contribution >= 0.6 is 0 Å². The van der Waals surface area contributed by atoms with E-state index in [-0.39, 0.29) is 5.92 Å². The predicted octanol–water partition coefficient (Wildman–Crippen LogP) is 1.38. The summed E-state index contributed by atoms with van der Waals surface area (Å²) in [4.78, 5) is 13.9. The highest BCUT2D eigenvalue weighted by atomic mass is 16.4. The Morgan fingerprint density at radius 3 is 3.05 bits per heavy atom. The van der Waals surface area contributed by atoms with Crippen LogP contribution in [0.1, 0.15) is 32.0 Å². The van der Waals surface area contributed by atoms with E-state index in [0.717, 1.165) is 49.5 Å². The van der Waals surface area contributed by atoms with Crippen LogP contribution in [0.4, 0.5) is 5.82 Å². The largest absolute Gasteiger partial charge is 0.481 e. The Labute approximate surface area is 127 Å². The second kappa shape index (κ2) is 4.66. The maximum absolute atomic E-state index is 11.8. The Morgan fingerprint density at radius 2 is 2.32 bits per heavy atom. The van der Waals surface area contributed by atoms with E-state index >= 15 is 0 Å². The second-order valence-corrected chi connectivity index (χ2v) is 6.36. The Bertz CT molecular complexity index is 743. The highest BCUT2D eigenvalue weighted by Crippen LogP contribution is 2.49. The summed E-state index contributed by atoms with van der Waals surface area (Å²) in [5.74, 6) is 1.22. The van der Waals surface area contributed by atoms with Crippen LogP contribution in [0.2, 0.25) is 0 Å². The number of carboxylic acids is 1. The quantitative estimate of drug-likeness (QED) is 0.922. The van der Waals surface area contributed by atoms with Gasteiger partial charge in [-0.15, -0.1) is 15.3 Å². The van der Waals surface area contributed by atoms with Crippen molar-refractivity contribution in [1.29, 1.82) is 0 Å². The van der Waals surface area contributed by atoms with E-state index in [1.807, 2.05) is 19.1 Å². The lowest BCUT2D eigenvalue weighted by Crippen LogP contribution is -2.35. The zero-order valence-corrected chi connectivity index (χ0v) is 12.6. The van der Waals surface area contributed by atoms with Crippen LogP contribution in [0.15, 0.2) is 12.1 Å². The topological polar surface area (TPSA) is 83.6 Å². The van der Waals surface area contributed by atoms with Gasteiger partial charge in [-0.3, -0.25) is 4.79 Å². The lowest BCUT2D eigenvalue weighted by Gasteiger charge is -2.23. The maximum atomic E-state index is 11.8. The molecule has 2 fully saturated rings. The van der Waals surface area contributed by atoms with Gasteiger partial charge in [0, 0.05) is 19.5 Å². The molecular weight excluding hydrogens is 282 g/mol. The van der Waals surface area contributed by atoms with Gasteiger partial charge in [-0.1, -0.05) is 13.3 Å². The zero-order chi connectivity index (χ0) is 15.3. The third-order valence-corrected chi connectivity index (χ3v) is 5.25. The molecular formula is C15H19N5O2. The van der Waals surface area contributed by atoms with Crippen molar-refractivity contribution < 1.29 is 9.90 Å². The van der Waals surface area contributed by atoms with Gasteiger partial charge in [-0.25, -0.2) is 0 Å². The minimum Gasteiger partial charge on any atom is -0.481 e. The number of aromatic nitrogens is 4. The van der Waals surface area contributed by atoms with Gasteiger partial charge in [0.05, 0.1) is 5.41 Å². The average Bonchev–Trinajstić information content (AvgIpc) is 3.18. The molecule has 2 aromatic rings. The minimum atomic E-state index is -0.655. The molecule has 1 aliphatic carbocycles. The third kappa shape index (κ3) is 1.74. The number of nitrogens with zero attached hydrogens (tertiary/aromatic N) is 5. The molecule has 1 saturated carbocycles. The first-order valence-electron chi connectivity index (χ1n) is 7.84. The highest BCUT2D eigenvalue weighted by Gasteiger charge is 2.55. The number of rotatable bonds is 3. The lowest BCUT2D eigenvalue weighted by molar-refractivity contribution is -0.149. The number of aliphatic carboxylic acids is 1. The molecule has 0 amide bonds. The second-order valence-electron chi connectivity index (χ2n) is 6.36. The van der Waals surface area contributed by atoms with Crippen LogP contribution in [-0.4, -0.2) is 44.0 Å². The SMILES string of the molecule is CCc1nnc2ccc(N3C[C@@H]4CCC[C@@]4(C(=O)O)C3)nn12. The van der Waals surface area contributed by atoms with Gasteiger partial charge in [0.15, 0.2) is 11.5 Å².